The van der Waals surface area contributed by atoms with Crippen LogP contribution in [0.4, 0.5) is 0 Å². The summed E-state index contributed by atoms with van der Waals surface area (Å²) in [7, 11) is 0. The molecule has 0 saturated heterocycles. The Bertz CT molecular complexity index is 679. The first-order valence-electron chi connectivity index (χ1n) is 7.19. The van der Waals surface area contributed by atoms with E-state index in [9.17, 15) is 4.79 Å². The van der Waals surface area contributed by atoms with E-state index < -0.39 is 5.97 Å². The number of hydrogen-bond donors (Lipinski definition) is 2. The van der Waals surface area contributed by atoms with Crippen molar-refractivity contribution in [3.63, 3.8) is 0 Å². The summed E-state index contributed by atoms with van der Waals surface area (Å²) < 4.78 is 0. The molecule has 22 heavy (non-hydrogen) atoms. The van der Waals surface area contributed by atoms with E-state index in [0.717, 1.165) is 42.2 Å². The van der Waals surface area contributed by atoms with Gasteiger partial charge in [0.15, 0.2) is 0 Å². The Kier molecular flexibility index (Phi) is 5.78. The number of fused-ring (bicyclic) bond motifs is 1. The van der Waals surface area contributed by atoms with E-state index >= 15 is 0 Å². The van der Waals surface area contributed by atoms with Gasteiger partial charge in [-0.15, -0.1) is 11.6 Å². The molecule has 3 rings (SSSR count). The molecule has 2 aromatic carbocycles. The molecule has 0 amide bonds. The standard InChI is InChI=1S/C11H8O2.C6H10ClNO/c12-11(13)10-7-3-5-8-4-1-2-6-9(8)10;7-5-3-1-2-4-6(5)8-9/h1-7H,(H,12,13);5,9H,1-4H2. The zero-order chi connectivity index (χ0) is 15.9. The lowest BCUT2D eigenvalue weighted by molar-refractivity contribution is 0.0699. The molecule has 1 saturated carbocycles. The number of carboxylic acid groups (broad SMARTS) is 1. The third-order valence-corrected chi connectivity index (χ3v) is 4.12. The SMILES string of the molecule is O=C(O)c1cccc2ccccc12.ON=C1CCCCC1Cl. The second kappa shape index (κ2) is 7.80. The number of halogens is 1. The number of rotatable bonds is 1. The molecule has 1 fully saturated rings. The van der Waals surface area contributed by atoms with E-state index in [0.29, 0.717) is 5.56 Å². The molecule has 0 aromatic heterocycles. The third-order valence-electron chi connectivity index (χ3n) is 3.65. The summed E-state index contributed by atoms with van der Waals surface area (Å²) in [6.07, 6.45) is 4.10. The highest BCUT2D eigenvalue weighted by Gasteiger charge is 2.17. The molecular formula is C17H18ClNO3. The lowest BCUT2D eigenvalue weighted by Crippen LogP contribution is -2.18. The minimum absolute atomic E-state index is 0.0104. The van der Waals surface area contributed by atoms with Crippen molar-refractivity contribution in [2.24, 2.45) is 5.16 Å². The van der Waals surface area contributed by atoms with Gasteiger partial charge in [-0.05, 0) is 36.1 Å². The Morgan fingerprint density at radius 3 is 2.50 bits per heavy atom. The Hall–Kier alpha value is -2.07. The average molecular weight is 320 g/mol. The summed E-state index contributed by atoms with van der Waals surface area (Å²) in [4.78, 5) is 10.8. The average Bonchev–Trinajstić information content (AvgIpc) is 2.55. The fourth-order valence-corrected chi connectivity index (χ4v) is 2.78. The van der Waals surface area contributed by atoms with Gasteiger partial charge in [-0.3, -0.25) is 0 Å². The molecule has 0 radical (unpaired) electrons. The van der Waals surface area contributed by atoms with Crippen molar-refractivity contribution in [3.8, 4) is 0 Å². The lowest BCUT2D eigenvalue weighted by Gasteiger charge is -2.15. The molecule has 0 bridgehead atoms. The maximum absolute atomic E-state index is 10.8. The third kappa shape index (κ3) is 3.98. The van der Waals surface area contributed by atoms with Gasteiger partial charge in [-0.2, -0.15) is 0 Å². The van der Waals surface area contributed by atoms with Gasteiger partial charge < -0.3 is 10.3 Å². The highest BCUT2D eigenvalue weighted by atomic mass is 35.5. The number of aromatic carboxylic acids is 1. The van der Waals surface area contributed by atoms with Gasteiger partial charge >= 0.3 is 5.97 Å². The van der Waals surface area contributed by atoms with E-state index in [-0.39, 0.29) is 5.38 Å². The van der Waals surface area contributed by atoms with Crippen molar-refractivity contribution in [2.45, 2.75) is 31.1 Å². The Morgan fingerprint density at radius 1 is 1.14 bits per heavy atom. The summed E-state index contributed by atoms with van der Waals surface area (Å²) in [5.41, 5.74) is 1.11. The number of hydrogen-bond acceptors (Lipinski definition) is 3. The first-order valence-corrected chi connectivity index (χ1v) is 7.63. The molecule has 0 heterocycles. The van der Waals surface area contributed by atoms with E-state index in [1.807, 2.05) is 30.3 Å². The highest BCUT2D eigenvalue weighted by Crippen LogP contribution is 2.20. The van der Waals surface area contributed by atoms with Gasteiger partial charge in [-0.1, -0.05) is 48.0 Å². The predicted octanol–water partition coefficient (Wildman–Crippen LogP) is 4.54. The van der Waals surface area contributed by atoms with Crippen LogP contribution in [-0.2, 0) is 0 Å². The summed E-state index contributed by atoms with van der Waals surface area (Å²) in [5, 5.41) is 22.1. The molecule has 2 aromatic rings. The molecule has 5 heteroatoms. The molecular weight excluding hydrogens is 302 g/mol. The maximum atomic E-state index is 10.8. The summed E-state index contributed by atoms with van der Waals surface area (Å²) >= 11 is 5.79. The number of benzene rings is 2. The monoisotopic (exact) mass is 319 g/mol. The minimum Gasteiger partial charge on any atom is -0.478 e. The minimum atomic E-state index is -0.878. The zero-order valence-corrected chi connectivity index (χ0v) is 12.8. The van der Waals surface area contributed by atoms with Crippen LogP contribution in [0.25, 0.3) is 10.8 Å². The van der Waals surface area contributed by atoms with Gasteiger partial charge in [0.2, 0.25) is 0 Å². The van der Waals surface area contributed by atoms with Crippen LogP contribution in [0.1, 0.15) is 36.0 Å². The Labute approximate surface area is 134 Å². The van der Waals surface area contributed by atoms with Crippen LogP contribution >= 0.6 is 11.6 Å². The van der Waals surface area contributed by atoms with Gasteiger partial charge in [-0.25, -0.2) is 4.79 Å². The number of alkyl halides is 1. The van der Waals surface area contributed by atoms with Crippen LogP contribution in [-0.4, -0.2) is 27.4 Å². The fraction of sp³-hybridized carbons (Fsp3) is 0.294. The van der Waals surface area contributed by atoms with E-state index in [4.69, 9.17) is 21.9 Å². The highest BCUT2D eigenvalue weighted by molar-refractivity contribution is 6.32. The van der Waals surface area contributed by atoms with Gasteiger partial charge in [0, 0.05) is 0 Å². The van der Waals surface area contributed by atoms with E-state index in [2.05, 4.69) is 5.16 Å². The second-order valence-electron chi connectivity index (χ2n) is 5.14. The molecule has 1 aliphatic rings. The van der Waals surface area contributed by atoms with Crippen molar-refractivity contribution in [1.29, 1.82) is 0 Å². The molecule has 2 N–H and O–H groups in total. The molecule has 1 atom stereocenters. The summed E-state index contributed by atoms with van der Waals surface area (Å²) in [5.74, 6) is -0.878. The van der Waals surface area contributed by atoms with Crippen molar-refractivity contribution in [2.75, 3.05) is 0 Å². The van der Waals surface area contributed by atoms with Crippen LogP contribution in [0.5, 0.6) is 0 Å². The molecule has 1 aliphatic carbocycles. The van der Waals surface area contributed by atoms with Crippen molar-refractivity contribution >= 4 is 34.1 Å². The first-order chi connectivity index (χ1) is 10.6. The van der Waals surface area contributed by atoms with Crippen LogP contribution in [0.15, 0.2) is 47.6 Å². The molecule has 4 nitrogen and oxygen atoms in total. The molecule has 0 aliphatic heterocycles. The van der Waals surface area contributed by atoms with E-state index in [1.54, 1.807) is 12.1 Å². The predicted molar refractivity (Wildman–Crippen MR) is 88.2 cm³/mol. The van der Waals surface area contributed by atoms with Gasteiger partial charge in [0.05, 0.1) is 16.7 Å². The van der Waals surface area contributed by atoms with Crippen LogP contribution in [0.3, 0.4) is 0 Å². The second-order valence-corrected chi connectivity index (χ2v) is 5.66. The van der Waals surface area contributed by atoms with Crippen LogP contribution in [0.2, 0.25) is 0 Å². The zero-order valence-electron chi connectivity index (χ0n) is 12.1. The van der Waals surface area contributed by atoms with Crippen LogP contribution < -0.4 is 0 Å². The molecule has 0 spiro atoms. The number of carboxylic acids is 1. The van der Waals surface area contributed by atoms with Crippen molar-refractivity contribution < 1.29 is 15.1 Å². The topological polar surface area (TPSA) is 69.9 Å². The number of nitrogens with zero attached hydrogens (tertiary/aromatic N) is 1. The van der Waals surface area contributed by atoms with Gasteiger partial charge in [0.1, 0.15) is 0 Å². The molecule has 1 unspecified atom stereocenters. The lowest BCUT2D eigenvalue weighted by atomic mass is 9.98. The molecule has 116 valence electrons. The first kappa shape index (κ1) is 16.3. The van der Waals surface area contributed by atoms with Crippen LogP contribution in [0, 0.1) is 0 Å². The number of oxime groups is 1. The summed E-state index contributed by atoms with van der Waals surface area (Å²) in [6.45, 7) is 0. The van der Waals surface area contributed by atoms with Crippen molar-refractivity contribution in [3.05, 3.63) is 48.0 Å². The van der Waals surface area contributed by atoms with E-state index in [1.165, 1.54) is 0 Å². The van der Waals surface area contributed by atoms with Gasteiger partial charge in [0.25, 0.3) is 0 Å². The Balaban J connectivity index is 0.000000172. The normalized spacial score (nSPS) is 19.5. The maximum Gasteiger partial charge on any atom is 0.336 e. The largest absolute Gasteiger partial charge is 0.478 e. The number of carbonyl (C=O) groups is 1. The van der Waals surface area contributed by atoms with Crippen molar-refractivity contribution in [1.82, 2.24) is 0 Å². The Morgan fingerprint density at radius 2 is 1.86 bits per heavy atom. The quantitative estimate of drug-likeness (QED) is 0.460. The fourth-order valence-electron chi connectivity index (χ4n) is 2.48. The summed E-state index contributed by atoms with van der Waals surface area (Å²) in [6, 6.07) is 12.7. The smallest absolute Gasteiger partial charge is 0.336 e.